The minimum absolute atomic E-state index is 0.116. The monoisotopic (exact) mass is 455 g/mol. The van der Waals surface area contributed by atoms with E-state index >= 15 is 0 Å². The molecule has 2 aliphatic heterocycles. The molecule has 0 radical (unpaired) electrons. The van der Waals surface area contributed by atoms with Gasteiger partial charge < -0.3 is 19.5 Å². The normalized spacial score (nSPS) is 18.6. The minimum Gasteiger partial charge on any atom is -0.507 e. The second-order valence-corrected chi connectivity index (χ2v) is 8.42. The van der Waals surface area contributed by atoms with E-state index in [0.717, 1.165) is 34.6 Å². The van der Waals surface area contributed by atoms with E-state index in [1.165, 1.54) is 0 Å². The third kappa shape index (κ3) is 3.92. The average molecular weight is 456 g/mol. The number of Topliss-reactive ketones (excluding diaryl/α,β-unsaturated/α-hetero) is 1. The molecule has 6 heteroatoms. The predicted molar refractivity (Wildman–Crippen MR) is 128 cm³/mol. The third-order valence-electron chi connectivity index (χ3n) is 6.42. The summed E-state index contributed by atoms with van der Waals surface area (Å²) < 4.78 is 10.8. The highest BCUT2D eigenvalue weighted by Crippen LogP contribution is 2.40. The maximum Gasteiger partial charge on any atom is 0.295 e. The largest absolute Gasteiger partial charge is 0.507 e. The third-order valence-corrected chi connectivity index (χ3v) is 6.42. The number of rotatable bonds is 6. The standard InChI is InChI=1S/C28H25NO5/c1-33-22-10-7-18(8-11-22)13-15-29-25(19-5-3-2-4-6-19)24(27(31)28(29)32)26(30)21-9-12-23-20(17-21)14-16-34-23/h2-12,17,25,30H,13-16H2,1H3/b26-24-. The number of likely N-dealkylation sites (tertiary alicyclic amines) is 1. The van der Waals surface area contributed by atoms with Gasteiger partial charge in [-0.05, 0) is 53.4 Å². The molecule has 0 aliphatic carbocycles. The molecule has 0 spiro atoms. The highest BCUT2D eigenvalue weighted by Gasteiger charge is 2.45. The van der Waals surface area contributed by atoms with Crippen molar-refractivity contribution in [1.29, 1.82) is 0 Å². The Kier molecular flexibility index (Phi) is 5.80. The maximum absolute atomic E-state index is 13.2. The highest BCUT2D eigenvalue weighted by molar-refractivity contribution is 6.46. The molecule has 1 atom stereocenters. The Labute approximate surface area is 198 Å². The van der Waals surface area contributed by atoms with Gasteiger partial charge in [-0.1, -0.05) is 42.5 Å². The zero-order chi connectivity index (χ0) is 23.7. The Morgan fingerprint density at radius 2 is 1.82 bits per heavy atom. The van der Waals surface area contributed by atoms with Crippen molar-refractivity contribution in [2.24, 2.45) is 0 Å². The SMILES string of the molecule is COc1ccc(CCN2C(=O)C(=O)/C(=C(\O)c3ccc4c(c3)CCO4)C2c2ccccc2)cc1. The van der Waals surface area contributed by atoms with E-state index in [2.05, 4.69) is 0 Å². The van der Waals surface area contributed by atoms with Crippen LogP contribution in [0.4, 0.5) is 0 Å². The Morgan fingerprint density at radius 3 is 2.56 bits per heavy atom. The molecule has 0 saturated carbocycles. The summed E-state index contributed by atoms with van der Waals surface area (Å²) in [6, 6.07) is 21.7. The number of amides is 1. The van der Waals surface area contributed by atoms with Crippen LogP contribution in [0.2, 0.25) is 0 Å². The molecule has 3 aromatic rings. The lowest BCUT2D eigenvalue weighted by atomic mass is 9.94. The summed E-state index contributed by atoms with van der Waals surface area (Å²) in [5.74, 6) is 0.115. The lowest BCUT2D eigenvalue weighted by Crippen LogP contribution is -2.31. The van der Waals surface area contributed by atoms with Gasteiger partial charge in [-0.25, -0.2) is 0 Å². The molecule has 0 aromatic heterocycles. The summed E-state index contributed by atoms with van der Waals surface area (Å²) in [5.41, 5.74) is 3.41. The fraction of sp³-hybridized carbons (Fsp3) is 0.214. The van der Waals surface area contributed by atoms with Crippen molar-refractivity contribution in [2.75, 3.05) is 20.3 Å². The van der Waals surface area contributed by atoms with Gasteiger partial charge in [0.2, 0.25) is 0 Å². The Bertz CT molecular complexity index is 1260. The van der Waals surface area contributed by atoms with Crippen LogP contribution in [0.3, 0.4) is 0 Å². The first kappa shape index (κ1) is 21.8. The van der Waals surface area contributed by atoms with Crippen molar-refractivity contribution in [2.45, 2.75) is 18.9 Å². The number of nitrogens with zero attached hydrogens (tertiary/aromatic N) is 1. The molecule has 1 fully saturated rings. The Morgan fingerprint density at radius 1 is 1.06 bits per heavy atom. The Balaban J connectivity index is 1.52. The number of hydrogen-bond acceptors (Lipinski definition) is 5. The molecule has 2 heterocycles. The molecule has 0 bridgehead atoms. The summed E-state index contributed by atoms with van der Waals surface area (Å²) in [7, 11) is 1.61. The van der Waals surface area contributed by atoms with Crippen LogP contribution in [0, 0.1) is 0 Å². The van der Waals surface area contributed by atoms with Crippen LogP contribution in [0.1, 0.15) is 28.3 Å². The van der Waals surface area contributed by atoms with E-state index in [9.17, 15) is 14.7 Å². The van der Waals surface area contributed by atoms with Crippen LogP contribution in [0.15, 0.2) is 78.4 Å². The van der Waals surface area contributed by atoms with E-state index in [1.807, 2.05) is 60.7 Å². The molecule has 1 N–H and O–H groups in total. The van der Waals surface area contributed by atoms with Crippen LogP contribution in [-0.2, 0) is 22.4 Å². The first-order valence-electron chi connectivity index (χ1n) is 11.3. The second kappa shape index (κ2) is 9.06. The molecule has 172 valence electrons. The summed E-state index contributed by atoms with van der Waals surface area (Å²) >= 11 is 0. The molecule has 34 heavy (non-hydrogen) atoms. The van der Waals surface area contributed by atoms with Crippen LogP contribution in [0.25, 0.3) is 5.76 Å². The van der Waals surface area contributed by atoms with Crippen molar-refractivity contribution in [3.63, 3.8) is 0 Å². The van der Waals surface area contributed by atoms with Gasteiger partial charge in [0.1, 0.15) is 17.3 Å². The minimum atomic E-state index is -0.669. The number of ether oxygens (including phenoxy) is 2. The lowest BCUT2D eigenvalue weighted by molar-refractivity contribution is -0.139. The molecule has 1 unspecified atom stereocenters. The number of benzene rings is 3. The van der Waals surface area contributed by atoms with Gasteiger partial charge in [-0.3, -0.25) is 9.59 Å². The summed E-state index contributed by atoms with van der Waals surface area (Å²) in [4.78, 5) is 27.9. The van der Waals surface area contributed by atoms with Crippen LogP contribution in [-0.4, -0.2) is 42.0 Å². The van der Waals surface area contributed by atoms with Crippen LogP contribution < -0.4 is 9.47 Å². The van der Waals surface area contributed by atoms with Crippen LogP contribution >= 0.6 is 0 Å². The van der Waals surface area contributed by atoms with E-state index in [0.29, 0.717) is 25.1 Å². The quantitative estimate of drug-likeness (QED) is 0.341. The van der Waals surface area contributed by atoms with Gasteiger partial charge in [-0.2, -0.15) is 0 Å². The molecule has 3 aromatic carbocycles. The first-order chi connectivity index (χ1) is 16.6. The predicted octanol–water partition coefficient (Wildman–Crippen LogP) is 4.29. The van der Waals surface area contributed by atoms with Crippen LogP contribution in [0.5, 0.6) is 11.5 Å². The summed E-state index contributed by atoms with van der Waals surface area (Å²) in [6.45, 7) is 0.935. The van der Waals surface area contributed by atoms with Gasteiger partial charge in [-0.15, -0.1) is 0 Å². The topological polar surface area (TPSA) is 76.1 Å². The Hall–Kier alpha value is -4.06. The summed E-state index contributed by atoms with van der Waals surface area (Å²) in [6.07, 6.45) is 1.31. The average Bonchev–Trinajstić information content (AvgIpc) is 3.45. The lowest BCUT2D eigenvalue weighted by Gasteiger charge is -2.25. The molecule has 1 saturated heterocycles. The number of ketones is 1. The molecule has 2 aliphatic rings. The molecular weight excluding hydrogens is 430 g/mol. The number of aliphatic hydroxyl groups is 1. The van der Waals surface area contributed by atoms with Gasteiger partial charge in [0, 0.05) is 18.5 Å². The van der Waals surface area contributed by atoms with E-state index in [4.69, 9.17) is 9.47 Å². The number of carbonyl (C=O) groups excluding carboxylic acids is 2. The number of aliphatic hydroxyl groups excluding tert-OH is 1. The van der Waals surface area contributed by atoms with E-state index < -0.39 is 17.7 Å². The number of hydrogen-bond donors (Lipinski definition) is 1. The van der Waals surface area contributed by atoms with Crippen molar-refractivity contribution >= 4 is 17.4 Å². The van der Waals surface area contributed by atoms with Gasteiger partial charge in [0.25, 0.3) is 11.7 Å². The smallest absolute Gasteiger partial charge is 0.295 e. The summed E-state index contributed by atoms with van der Waals surface area (Å²) in [5, 5.41) is 11.3. The van der Waals surface area contributed by atoms with Gasteiger partial charge in [0.15, 0.2) is 0 Å². The van der Waals surface area contributed by atoms with Crippen molar-refractivity contribution in [3.8, 4) is 11.5 Å². The zero-order valence-corrected chi connectivity index (χ0v) is 18.9. The van der Waals surface area contributed by atoms with Crippen molar-refractivity contribution in [3.05, 3.63) is 101 Å². The highest BCUT2D eigenvalue weighted by atomic mass is 16.5. The second-order valence-electron chi connectivity index (χ2n) is 8.42. The van der Waals surface area contributed by atoms with E-state index in [-0.39, 0.29) is 11.3 Å². The van der Waals surface area contributed by atoms with Crippen molar-refractivity contribution < 1.29 is 24.2 Å². The molecule has 6 nitrogen and oxygen atoms in total. The zero-order valence-electron chi connectivity index (χ0n) is 18.9. The van der Waals surface area contributed by atoms with Gasteiger partial charge >= 0.3 is 0 Å². The molecule has 5 rings (SSSR count). The van der Waals surface area contributed by atoms with Crippen molar-refractivity contribution in [1.82, 2.24) is 4.90 Å². The first-order valence-corrected chi connectivity index (χ1v) is 11.3. The number of carbonyl (C=O) groups is 2. The molecular formula is C28H25NO5. The number of methoxy groups -OCH3 is 1. The maximum atomic E-state index is 13.2. The number of fused-ring (bicyclic) bond motifs is 1. The fourth-order valence-corrected chi connectivity index (χ4v) is 4.62. The fourth-order valence-electron chi connectivity index (χ4n) is 4.62. The molecule has 1 amide bonds. The van der Waals surface area contributed by atoms with Gasteiger partial charge in [0.05, 0.1) is 25.3 Å². The van der Waals surface area contributed by atoms with E-state index in [1.54, 1.807) is 24.1 Å².